The second-order valence-electron chi connectivity index (χ2n) is 6.85. The fourth-order valence-electron chi connectivity index (χ4n) is 2.24. The fourth-order valence-corrected chi connectivity index (χ4v) is 2.24. The molecule has 0 unspecified atom stereocenters. The van der Waals surface area contributed by atoms with Crippen molar-refractivity contribution in [1.82, 2.24) is 0 Å². The SMILES string of the molecule is CCOC(=O)C(C)(C)COc1ccc(OCc2ccc(C(F)(F)F)cc2)cc1. The molecule has 152 valence electrons. The Morgan fingerprint density at radius 2 is 1.43 bits per heavy atom. The molecule has 4 nitrogen and oxygen atoms in total. The molecule has 0 aliphatic carbocycles. The van der Waals surface area contributed by atoms with E-state index in [4.69, 9.17) is 14.2 Å². The topological polar surface area (TPSA) is 44.8 Å². The summed E-state index contributed by atoms with van der Waals surface area (Å²) in [6.07, 6.45) is -4.35. The van der Waals surface area contributed by atoms with E-state index in [1.165, 1.54) is 12.1 Å². The number of rotatable bonds is 8. The van der Waals surface area contributed by atoms with Crippen LogP contribution >= 0.6 is 0 Å². The van der Waals surface area contributed by atoms with Crippen molar-refractivity contribution >= 4 is 5.97 Å². The molecular formula is C21H23F3O4. The standard InChI is InChI=1S/C21H23F3O4/c1-4-26-19(25)20(2,3)14-28-18-11-9-17(10-12-18)27-13-15-5-7-16(8-6-15)21(22,23)24/h5-12H,4,13-14H2,1-3H3. The van der Waals surface area contributed by atoms with Crippen LogP contribution < -0.4 is 9.47 Å². The molecule has 28 heavy (non-hydrogen) atoms. The van der Waals surface area contributed by atoms with Gasteiger partial charge in [-0.3, -0.25) is 4.79 Å². The predicted molar refractivity (Wildman–Crippen MR) is 98.1 cm³/mol. The number of carbonyl (C=O) groups excluding carboxylic acids is 1. The molecule has 0 aliphatic rings. The zero-order chi connectivity index (χ0) is 20.8. The van der Waals surface area contributed by atoms with Gasteiger partial charge in [-0.15, -0.1) is 0 Å². The van der Waals surface area contributed by atoms with Crippen molar-refractivity contribution in [2.45, 2.75) is 33.6 Å². The minimum absolute atomic E-state index is 0.147. The zero-order valence-corrected chi connectivity index (χ0v) is 16.0. The minimum atomic E-state index is -4.35. The van der Waals surface area contributed by atoms with Gasteiger partial charge in [0.05, 0.1) is 17.6 Å². The van der Waals surface area contributed by atoms with Gasteiger partial charge in [0, 0.05) is 0 Å². The normalized spacial score (nSPS) is 11.8. The van der Waals surface area contributed by atoms with E-state index in [1.54, 1.807) is 45.0 Å². The highest BCUT2D eigenvalue weighted by molar-refractivity contribution is 5.76. The van der Waals surface area contributed by atoms with Gasteiger partial charge in [0.1, 0.15) is 24.7 Å². The van der Waals surface area contributed by atoms with Crippen LogP contribution in [0.3, 0.4) is 0 Å². The second kappa shape index (κ2) is 8.99. The number of hydrogen-bond acceptors (Lipinski definition) is 4. The van der Waals surface area contributed by atoms with E-state index < -0.39 is 17.2 Å². The van der Waals surface area contributed by atoms with Gasteiger partial charge < -0.3 is 14.2 Å². The van der Waals surface area contributed by atoms with Crippen molar-refractivity contribution in [2.24, 2.45) is 5.41 Å². The largest absolute Gasteiger partial charge is 0.492 e. The molecule has 0 saturated heterocycles. The average Bonchev–Trinajstić information content (AvgIpc) is 2.65. The molecule has 0 radical (unpaired) electrons. The van der Waals surface area contributed by atoms with Crippen LogP contribution in [-0.2, 0) is 22.3 Å². The van der Waals surface area contributed by atoms with Crippen LogP contribution in [0.15, 0.2) is 48.5 Å². The molecule has 0 fully saturated rings. The molecule has 0 aromatic heterocycles. The van der Waals surface area contributed by atoms with Crippen LogP contribution in [-0.4, -0.2) is 19.2 Å². The summed E-state index contributed by atoms with van der Waals surface area (Å²) in [6.45, 7) is 5.86. The lowest BCUT2D eigenvalue weighted by Gasteiger charge is -2.22. The van der Waals surface area contributed by atoms with Gasteiger partial charge in [0.25, 0.3) is 0 Å². The molecule has 2 aromatic carbocycles. The molecule has 0 amide bonds. The third-order valence-corrected chi connectivity index (χ3v) is 3.94. The number of halogens is 3. The van der Waals surface area contributed by atoms with Crippen molar-refractivity contribution in [3.8, 4) is 11.5 Å². The molecule has 2 rings (SSSR count). The molecule has 0 spiro atoms. The summed E-state index contributed by atoms with van der Waals surface area (Å²) in [4.78, 5) is 11.9. The Morgan fingerprint density at radius 1 is 0.893 bits per heavy atom. The van der Waals surface area contributed by atoms with E-state index in [0.717, 1.165) is 12.1 Å². The second-order valence-corrected chi connectivity index (χ2v) is 6.85. The number of alkyl halides is 3. The molecule has 7 heteroatoms. The average molecular weight is 396 g/mol. The predicted octanol–water partition coefficient (Wildman–Crippen LogP) is 5.25. The van der Waals surface area contributed by atoms with Crippen molar-refractivity contribution in [3.05, 3.63) is 59.7 Å². The number of hydrogen-bond donors (Lipinski definition) is 0. The van der Waals surface area contributed by atoms with E-state index >= 15 is 0 Å². The first kappa shape index (κ1) is 21.6. The number of carbonyl (C=O) groups is 1. The van der Waals surface area contributed by atoms with E-state index in [0.29, 0.717) is 23.7 Å². The monoisotopic (exact) mass is 396 g/mol. The lowest BCUT2D eigenvalue weighted by Crippen LogP contribution is -2.32. The molecule has 0 N–H and O–H groups in total. The zero-order valence-electron chi connectivity index (χ0n) is 16.0. The van der Waals surface area contributed by atoms with Crippen molar-refractivity contribution in [2.75, 3.05) is 13.2 Å². The van der Waals surface area contributed by atoms with E-state index in [2.05, 4.69) is 0 Å². The molecule has 0 aliphatic heterocycles. The minimum Gasteiger partial charge on any atom is -0.492 e. The Morgan fingerprint density at radius 3 is 1.93 bits per heavy atom. The number of esters is 1. The van der Waals surface area contributed by atoms with E-state index in [9.17, 15) is 18.0 Å². The lowest BCUT2D eigenvalue weighted by molar-refractivity contribution is -0.155. The highest BCUT2D eigenvalue weighted by Gasteiger charge is 2.30. The summed E-state index contributed by atoms with van der Waals surface area (Å²) >= 11 is 0. The summed E-state index contributed by atoms with van der Waals surface area (Å²) in [5.74, 6) is 0.794. The van der Waals surface area contributed by atoms with Crippen LogP contribution in [0.5, 0.6) is 11.5 Å². The first-order valence-electron chi connectivity index (χ1n) is 8.81. The molecule has 0 heterocycles. The Bertz CT molecular complexity index is 766. The van der Waals surface area contributed by atoms with Crippen molar-refractivity contribution in [3.63, 3.8) is 0 Å². The first-order valence-corrected chi connectivity index (χ1v) is 8.81. The lowest BCUT2D eigenvalue weighted by atomic mass is 9.95. The van der Waals surface area contributed by atoms with Crippen molar-refractivity contribution < 1.29 is 32.2 Å². The fraction of sp³-hybridized carbons (Fsp3) is 0.381. The Kier molecular flexibility index (Phi) is 6.94. The first-order chi connectivity index (χ1) is 13.1. The van der Waals surface area contributed by atoms with Crippen LogP contribution in [0.25, 0.3) is 0 Å². The van der Waals surface area contributed by atoms with Crippen molar-refractivity contribution in [1.29, 1.82) is 0 Å². The maximum atomic E-state index is 12.6. The van der Waals surface area contributed by atoms with E-state index in [1.807, 2.05) is 0 Å². The summed E-state index contributed by atoms with van der Waals surface area (Å²) in [5.41, 5.74) is -0.832. The van der Waals surface area contributed by atoms with Crippen LogP contribution in [0.4, 0.5) is 13.2 Å². The quantitative estimate of drug-likeness (QED) is 0.572. The highest BCUT2D eigenvalue weighted by Crippen LogP contribution is 2.29. The summed E-state index contributed by atoms with van der Waals surface area (Å²) < 4.78 is 53.9. The Hall–Kier alpha value is -2.70. The number of benzene rings is 2. The molecule has 0 atom stereocenters. The van der Waals surface area contributed by atoms with Gasteiger partial charge in [0.2, 0.25) is 0 Å². The van der Waals surface area contributed by atoms with Crippen LogP contribution in [0.1, 0.15) is 31.9 Å². The van der Waals surface area contributed by atoms with E-state index in [-0.39, 0.29) is 19.2 Å². The van der Waals surface area contributed by atoms with Gasteiger partial charge in [-0.05, 0) is 62.7 Å². The molecule has 0 saturated carbocycles. The maximum Gasteiger partial charge on any atom is 0.416 e. The highest BCUT2D eigenvalue weighted by atomic mass is 19.4. The number of ether oxygens (including phenoxy) is 3. The smallest absolute Gasteiger partial charge is 0.416 e. The van der Waals surface area contributed by atoms with Crippen LogP contribution in [0, 0.1) is 5.41 Å². The third kappa shape index (κ3) is 6.18. The van der Waals surface area contributed by atoms with Gasteiger partial charge in [-0.25, -0.2) is 0 Å². The Labute approximate surface area is 162 Å². The molecule has 0 bridgehead atoms. The van der Waals surface area contributed by atoms with Gasteiger partial charge in [-0.2, -0.15) is 13.2 Å². The summed E-state index contributed by atoms with van der Waals surface area (Å²) in [5, 5.41) is 0. The summed E-state index contributed by atoms with van der Waals surface area (Å²) in [6, 6.07) is 11.6. The Balaban J connectivity index is 1.86. The molecular weight excluding hydrogens is 373 g/mol. The maximum absolute atomic E-state index is 12.6. The van der Waals surface area contributed by atoms with Gasteiger partial charge in [-0.1, -0.05) is 12.1 Å². The van der Waals surface area contributed by atoms with Gasteiger partial charge >= 0.3 is 12.1 Å². The third-order valence-electron chi connectivity index (χ3n) is 3.94. The summed E-state index contributed by atoms with van der Waals surface area (Å²) in [7, 11) is 0. The van der Waals surface area contributed by atoms with Crippen LogP contribution in [0.2, 0.25) is 0 Å². The molecule has 2 aromatic rings. The van der Waals surface area contributed by atoms with Gasteiger partial charge in [0.15, 0.2) is 0 Å².